The second-order valence-corrected chi connectivity index (χ2v) is 11.7. The molecule has 0 atom stereocenters. The number of carbonyl (C=O) groups is 2. The molecule has 0 N–H and O–H groups in total. The SMILES string of the molecule is CCOc1cc(C2C3=C(CCCC3=O)N(CCOC)C3=C2C(=O)CCC3)cc(Br)c1OCc1ccccc1Br. The van der Waals surface area contributed by atoms with E-state index in [0.717, 1.165) is 68.3 Å². The van der Waals surface area contributed by atoms with E-state index >= 15 is 0 Å². The van der Waals surface area contributed by atoms with E-state index in [0.29, 0.717) is 50.7 Å². The number of halogens is 2. The summed E-state index contributed by atoms with van der Waals surface area (Å²) in [6, 6.07) is 11.9. The van der Waals surface area contributed by atoms with Crippen LogP contribution in [0.3, 0.4) is 0 Å². The van der Waals surface area contributed by atoms with Crippen molar-refractivity contribution in [3.05, 3.63) is 79.0 Å². The number of ketones is 2. The fourth-order valence-corrected chi connectivity index (χ4v) is 6.90. The van der Waals surface area contributed by atoms with Gasteiger partial charge in [0.15, 0.2) is 23.1 Å². The molecule has 0 radical (unpaired) electrons. The summed E-state index contributed by atoms with van der Waals surface area (Å²) in [7, 11) is 1.68. The Kier molecular flexibility index (Phi) is 8.94. The van der Waals surface area contributed by atoms with Gasteiger partial charge in [-0.2, -0.15) is 0 Å². The highest BCUT2D eigenvalue weighted by Crippen LogP contribution is 2.51. The Morgan fingerprint density at radius 2 is 1.56 bits per heavy atom. The molecule has 1 aliphatic heterocycles. The maximum atomic E-state index is 13.5. The van der Waals surface area contributed by atoms with E-state index in [1.807, 2.05) is 43.3 Å². The Balaban J connectivity index is 1.61. The van der Waals surface area contributed by atoms with Gasteiger partial charge >= 0.3 is 0 Å². The summed E-state index contributed by atoms with van der Waals surface area (Å²) in [6.45, 7) is 3.92. The standard InChI is InChI=1S/C31H33Br2NO5/c1-3-38-27-17-20(16-22(33)31(27)39-18-19-8-4-5-9-21(19)32)28-29-23(10-6-12-25(29)35)34(14-15-37-2)24-11-7-13-26(36)30(24)28/h4-5,8-9,16-17,28H,3,6-7,10-15,18H2,1-2H3. The van der Waals surface area contributed by atoms with Crippen molar-refractivity contribution >= 4 is 43.4 Å². The summed E-state index contributed by atoms with van der Waals surface area (Å²) >= 11 is 7.32. The van der Waals surface area contributed by atoms with Crippen LogP contribution in [-0.2, 0) is 20.9 Å². The molecule has 206 valence electrons. The Hall–Kier alpha value is -2.42. The van der Waals surface area contributed by atoms with Crippen molar-refractivity contribution in [1.82, 2.24) is 4.90 Å². The van der Waals surface area contributed by atoms with Crippen LogP contribution in [0.1, 0.15) is 62.5 Å². The third kappa shape index (κ3) is 5.61. The van der Waals surface area contributed by atoms with Gasteiger partial charge in [-0.1, -0.05) is 34.1 Å². The Morgan fingerprint density at radius 3 is 2.18 bits per heavy atom. The third-order valence-corrected chi connectivity index (χ3v) is 8.96. The first-order valence-corrected chi connectivity index (χ1v) is 15.1. The molecule has 2 aromatic rings. The van der Waals surface area contributed by atoms with Crippen LogP contribution in [0.4, 0.5) is 0 Å². The Labute approximate surface area is 246 Å². The Morgan fingerprint density at radius 1 is 0.897 bits per heavy atom. The number of carbonyl (C=O) groups excluding carboxylic acids is 2. The van der Waals surface area contributed by atoms with Crippen molar-refractivity contribution in [1.29, 1.82) is 0 Å². The van der Waals surface area contributed by atoms with Gasteiger partial charge in [0, 0.05) is 65.0 Å². The molecule has 0 unspecified atom stereocenters. The van der Waals surface area contributed by atoms with Crippen LogP contribution in [0.5, 0.6) is 11.5 Å². The molecular weight excluding hydrogens is 626 g/mol. The fourth-order valence-electron chi connectivity index (χ4n) is 5.93. The van der Waals surface area contributed by atoms with E-state index in [4.69, 9.17) is 14.2 Å². The van der Waals surface area contributed by atoms with Gasteiger partial charge in [-0.25, -0.2) is 0 Å². The number of ether oxygens (including phenoxy) is 3. The zero-order chi connectivity index (χ0) is 27.5. The highest BCUT2D eigenvalue weighted by atomic mass is 79.9. The number of hydrogen-bond donors (Lipinski definition) is 0. The van der Waals surface area contributed by atoms with E-state index < -0.39 is 5.92 Å². The van der Waals surface area contributed by atoms with Crippen LogP contribution >= 0.6 is 31.9 Å². The van der Waals surface area contributed by atoms with Crippen molar-refractivity contribution in [3.8, 4) is 11.5 Å². The van der Waals surface area contributed by atoms with Gasteiger partial charge in [0.05, 0.1) is 17.7 Å². The lowest BCUT2D eigenvalue weighted by Crippen LogP contribution is -2.40. The summed E-state index contributed by atoms with van der Waals surface area (Å²) in [5.41, 5.74) is 5.49. The molecule has 2 aromatic carbocycles. The average molecular weight is 659 g/mol. The molecule has 5 rings (SSSR count). The van der Waals surface area contributed by atoms with Crippen LogP contribution in [-0.4, -0.2) is 43.3 Å². The van der Waals surface area contributed by atoms with Crippen LogP contribution in [0, 0.1) is 0 Å². The Bertz CT molecular complexity index is 1300. The second-order valence-electron chi connectivity index (χ2n) is 9.99. The lowest BCUT2D eigenvalue weighted by atomic mass is 9.71. The molecule has 3 aliphatic rings. The molecule has 0 amide bonds. The van der Waals surface area contributed by atoms with Crippen molar-refractivity contribution in [2.24, 2.45) is 0 Å². The van der Waals surface area contributed by atoms with Crippen molar-refractivity contribution in [2.45, 2.75) is 58.0 Å². The van der Waals surface area contributed by atoms with Gasteiger partial charge in [-0.15, -0.1) is 0 Å². The van der Waals surface area contributed by atoms with E-state index in [-0.39, 0.29) is 11.6 Å². The first kappa shape index (κ1) is 28.1. The van der Waals surface area contributed by atoms with Gasteiger partial charge in [0.1, 0.15) is 6.61 Å². The van der Waals surface area contributed by atoms with Crippen LogP contribution in [0.15, 0.2) is 67.9 Å². The lowest BCUT2D eigenvalue weighted by molar-refractivity contribution is -0.117. The fraction of sp³-hybridized carbons (Fsp3) is 0.419. The van der Waals surface area contributed by atoms with E-state index in [1.54, 1.807) is 7.11 Å². The number of hydrogen-bond acceptors (Lipinski definition) is 6. The number of rotatable bonds is 9. The molecule has 0 bridgehead atoms. The summed E-state index contributed by atoms with van der Waals surface area (Å²) in [4.78, 5) is 29.3. The number of benzene rings is 2. The molecule has 0 fully saturated rings. The van der Waals surface area contributed by atoms with E-state index in [2.05, 4.69) is 36.8 Å². The van der Waals surface area contributed by atoms with Crippen LogP contribution in [0.2, 0.25) is 0 Å². The molecule has 8 heteroatoms. The van der Waals surface area contributed by atoms with Gasteiger partial charge in [-0.3, -0.25) is 9.59 Å². The normalized spacial score (nSPS) is 17.9. The maximum absolute atomic E-state index is 13.5. The molecule has 0 saturated heterocycles. The molecular formula is C31H33Br2NO5. The number of allylic oxidation sites excluding steroid dienone is 4. The minimum absolute atomic E-state index is 0.122. The number of nitrogens with zero attached hydrogens (tertiary/aromatic N) is 1. The molecule has 0 spiro atoms. The number of methoxy groups -OCH3 is 1. The second kappa shape index (κ2) is 12.4. The van der Waals surface area contributed by atoms with Crippen LogP contribution in [0.25, 0.3) is 0 Å². The quantitative estimate of drug-likeness (QED) is 0.283. The minimum atomic E-state index is -0.415. The van der Waals surface area contributed by atoms with Crippen LogP contribution < -0.4 is 9.47 Å². The van der Waals surface area contributed by atoms with Gasteiger partial charge in [-0.05, 0) is 72.3 Å². The predicted octanol–water partition coefficient (Wildman–Crippen LogP) is 7.25. The summed E-state index contributed by atoms with van der Waals surface area (Å²) in [5, 5.41) is 0. The molecule has 2 aliphatic carbocycles. The highest BCUT2D eigenvalue weighted by Gasteiger charge is 2.43. The number of Topliss-reactive ketones (excluding diaryl/α,β-unsaturated/α-hetero) is 2. The smallest absolute Gasteiger partial charge is 0.175 e. The molecule has 39 heavy (non-hydrogen) atoms. The zero-order valence-corrected chi connectivity index (χ0v) is 25.5. The summed E-state index contributed by atoms with van der Waals surface area (Å²) < 4.78 is 19.4. The highest BCUT2D eigenvalue weighted by molar-refractivity contribution is 9.10. The van der Waals surface area contributed by atoms with Gasteiger partial charge in [0.25, 0.3) is 0 Å². The average Bonchev–Trinajstić information content (AvgIpc) is 2.92. The molecule has 0 saturated carbocycles. The molecule has 6 nitrogen and oxygen atoms in total. The van der Waals surface area contributed by atoms with Crippen molar-refractivity contribution in [2.75, 3.05) is 26.9 Å². The summed E-state index contributed by atoms with van der Waals surface area (Å²) in [5.74, 6) is 1.02. The first-order chi connectivity index (χ1) is 18.9. The molecule has 1 heterocycles. The molecule has 0 aromatic heterocycles. The monoisotopic (exact) mass is 657 g/mol. The van der Waals surface area contributed by atoms with E-state index in [1.165, 1.54) is 0 Å². The van der Waals surface area contributed by atoms with Gasteiger partial charge < -0.3 is 19.1 Å². The van der Waals surface area contributed by atoms with Gasteiger partial charge in [0.2, 0.25) is 0 Å². The van der Waals surface area contributed by atoms with Crippen molar-refractivity contribution in [3.63, 3.8) is 0 Å². The first-order valence-electron chi connectivity index (χ1n) is 13.6. The van der Waals surface area contributed by atoms with E-state index in [9.17, 15) is 9.59 Å². The third-order valence-electron chi connectivity index (χ3n) is 7.60. The van der Waals surface area contributed by atoms with Crippen molar-refractivity contribution < 1.29 is 23.8 Å². The zero-order valence-electron chi connectivity index (χ0n) is 22.4. The minimum Gasteiger partial charge on any atom is -0.490 e. The topological polar surface area (TPSA) is 65.1 Å². The lowest BCUT2D eigenvalue weighted by Gasteiger charge is -2.44. The predicted molar refractivity (Wildman–Crippen MR) is 157 cm³/mol. The summed E-state index contributed by atoms with van der Waals surface area (Å²) in [6.07, 6.45) is 4.27. The largest absolute Gasteiger partial charge is 0.490 e. The maximum Gasteiger partial charge on any atom is 0.175 e.